The van der Waals surface area contributed by atoms with E-state index in [-0.39, 0.29) is 11.8 Å². The van der Waals surface area contributed by atoms with E-state index in [4.69, 9.17) is 9.47 Å². The second-order valence-corrected chi connectivity index (χ2v) is 10.6. The van der Waals surface area contributed by atoms with Crippen LogP contribution >= 0.6 is 0 Å². The summed E-state index contributed by atoms with van der Waals surface area (Å²) in [7, 11) is 0. The van der Waals surface area contributed by atoms with Gasteiger partial charge in [-0.1, -0.05) is 13.8 Å². The topological polar surface area (TPSA) is 129 Å². The lowest BCUT2D eigenvalue weighted by molar-refractivity contribution is 0.0507. The van der Waals surface area contributed by atoms with E-state index >= 15 is 0 Å². The highest BCUT2D eigenvalue weighted by molar-refractivity contribution is 5.68. The molecule has 0 bridgehead atoms. The predicted molar refractivity (Wildman–Crippen MR) is 129 cm³/mol. The van der Waals surface area contributed by atoms with E-state index in [2.05, 4.69) is 16.0 Å². The number of unbranched alkanes of at least 4 members (excludes halogenated alkanes) is 1. The van der Waals surface area contributed by atoms with Gasteiger partial charge in [-0.3, -0.25) is 0 Å². The Morgan fingerprint density at radius 3 is 1.76 bits per heavy atom. The van der Waals surface area contributed by atoms with Crippen molar-refractivity contribution in [1.29, 1.82) is 0 Å². The van der Waals surface area contributed by atoms with Gasteiger partial charge in [-0.15, -0.1) is 0 Å². The third-order valence-electron chi connectivity index (χ3n) is 4.31. The van der Waals surface area contributed by atoms with Crippen molar-refractivity contribution >= 4 is 18.3 Å². The highest BCUT2D eigenvalue weighted by Gasteiger charge is 2.19. The number of nitrogens with zero attached hydrogens (tertiary/aromatic N) is 1. The summed E-state index contributed by atoms with van der Waals surface area (Å²) in [6.45, 7) is 17.9. The van der Waals surface area contributed by atoms with Crippen LogP contribution in [0.2, 0.25) is 0 Å². The normalized spacial score (nSPS) is 13.6. The molecule has 0 saturated carbocycles. The fraction of sp³-hybridized carbons (Fsp3) is 0.870. The number of carbonyl (C=O) groups excluding carboxylic acids is 2. The molecule has 0 spiro atoms. The van der Waals surface area contributed by atoms with E-state index in [1.807, 2.05) is 34.6 Å². The second kappa shape index (κ2) is 14.8. The first-order valence-corrected chi connectivity index (χ1v) is 11.7. The van der Waals surface area contributed by atoms with Crippen molar-refractivity contribution < 1.29 is 29.0 Å². The Labute approximate surface area is 199 Å². The Balaban J connectivity index is 4.03. The summed E-state index contributed by atoms with van der Waals surface area (Å²) in [5.74, 6) is 0.205. The minimum atomic E-state index is -0.964. The standard InChI is InChI=1S/C23H46N4O6/c1-17(14-25-19(28)32-22(3,4)5)13-24-11-9-10-12-27(21(30)31)16-18(2)15-26-20(29)33-23(6,7)8/h17-18,24H,9-16H2,1-8H3,(H,25,28)(H,26,29)(H,30,31). The summed E-state index contributed by atoms with van der Waals surface area (Å²) in [5, 5.41) is 18.2. The maximum Gasteiger partial charge on any atom is 0.407 e. The molecule has 0 aromatic carbocycles. The van der Waals surface area contributed by atoms with Gasteiger partial charge in [0.25, 0.3) is 0 Å². The number of carboxylic acid groups (broad SMARTS) is 1. The minimum absolute atomic E-state index is 0.0370. The van der Waals surface area contributed by atoms with Crippen LogP contribution < -0.4 is 16.0 Å². The molecule has 0 aliphatic heterocycles. The van der Waals surface area contributed by atoms with Gasteiger partial charge < -0.3 is 35.4 Å². The lowest BCUT2D eigenvalue weighted by Gasteiger charge is -2.24. The summed E-state index contributed by atoms with van der Waals surface area (Å²) < 4.78 is 10.4. The molecule has 3 amide bonds. The van der Waals surface area contributed by atoms with E-state index < -0.39 is 29.5 Å². The molecule has 0 fully saturated rings. The molecule has 0 saturated heterocycles. The summed E-state index contributed by atoms with van der Waals surface area (Å²) >= 11 is 0. The number of alkyl carbamates (subject to hydrolysis) is 2. The zero-order valence-corrected chi connectivity index (χ0v) is 21.7. The first kappa shape index (κ1) is 30.8. The monoisotopic (exact) mass is 474 g/mol. The number of nitrogens with one attached hydrogen (secondary N) is 3. The fourth-order valence-corrected chi connectivity index (χ4v) is 2.82. The lowest BCUT2D eigenvalue weighted by atomic mass is 10.1. The van der Waals surface area contributed by atoms with Gasteiger partial charge in [0.1, 0.15) is 11.2 Å². The molecular weight excluding hydrogens is 428 g/mol. The summed E-state index contributed by atoms with van der Waals surface area (Å²) in [5.41, 5.74) is -1.08. The molecule has 2 unspecified atom stereocenters. The van der Waals surface area contributed by atoms with Gasteiger partial charge in [0.15, 0.2) is 0 Å². The van der Waals surface area contributed by atoms with Crippen LogP contribution in [0.25, 0.3) is 0 Å². The van der Waals surface area contributed by atoms with Gasteiger partial charge in [-0.05, 0) is 79.3 Å². The number of hydrogen-bond acceptors (Lipinski definition) is 6. The zero-order valence-electron chi connectivity index (χ0n) is 21.7. The molecule has 0 aliphatic carbocycles. The molecule has 0 rings (SSSR count). The van der Waals surface area contributed by atoms with Crippen LogP contribution in [-0.4, -0.2) is 78.8 Å². The second-order valence-electron chi connectivity index (χ2n) is 10.6. The van der Waals surface area contributed by atoms with E-state index in [0.717, 1.165) is 25.9 Å². The molecule has 0 aromatic rings. The van der Waals surface area contributed by atoms with Crippen molar-refractivity contribution in [2.24, 2.45) is 11.8 Å². The van der Waals surface area contributed by atoms with Gasteiger partial charge in [-0.2, -0.15) is 0 Å². The van der Waals surface area contributed by atoms with Crippen LogP contribution in [0.1, 0.15) is 68.2 Å². The predicted octanol–water partition coefficient (Wildman–Crippen LogP) is 3.66. The summed E-state index contributed by atoms with van der Waals surface area (Å²) in [6.07, 6.45) is -0.318. The van der Waals surface area contributed by atoms with Gasteiger partial charge in [0.05, 0.1) is 0 Å². The Kier molecular flexibility index (Phi) is 13.8. The van der Waals surface area contributed by atoms with Gasteiger partial charge in [0, 0.05) is 26.2 Å². The third kappa shape index (κ3) is 19.0. The maximum atomic E-state index is 11.7. The largest absolute Gasteiger partial charge is 0.465 e. The molecule has 4 N–H and O–H groups in total. The molecule has 0 heterocycles. The average Bonchev–Trinajstić information content (AvgIpc) is 2.63. The Morgan fingerprint density at radius 2 is 1.30 bits per heavy atom. The van der Waals surface area contributed by atoms with Crippen molar-refractivity contribution in [3.05, 3.63) is 0 Å². The Morgan fingerprint density at radius 1 is 0.818 bits per heavy atom. The van der Waals surface area contributed by atoms with Crippen molar-refractivity contribution in [1.82, 2.24) is 20.9 Å². The zero-order chi connectivity index (χ0) is 25.7. The number of carbonyl (C=O) groups is 3. The molecule has 0 aromatic heterocycles. The van der Waals surface area contributed by atoms with Crippen molar-refractivity contribution in [3.63, 3.8) is 0 Å². The molecule has 2 atom stereocenters. The highest BCUT2D eigenvalue weighted by atomic mass is 16.6. The molecule has 0 aliphatic rings. The SMILES string of the molecule is CC(CNCCCCN(CC(C)CNC(=O)OC(C)(C)C)C(=O)O)CNC(=O)OC(C)(C)C. The maximum absolute atomic E-state index is 11.7. The van der Waals surface area contributed by atoms with Crippen molar-refractivity contribution in [2.75, 3.05) is 39.3 Å². The van der Waals surface area contributed by atoms with E-state index in [1.165, 1.54) is 4.90 Å². The number of hydrogen-bond donors (Lipinski definition) is 4. The Hall–Kier alpha value is -2.23. The van der Waals surface area contributed by atoms with Gasteiger partial charge >= 0.3 is 18.3 Å². The Bertz CT molecular complexity index is 601. The molecular formula is C23H46N4O6. The van der Waals surface area contributed by atoms with E-state index in [0.29, 0.717) is 26.2 Å². The van der Waals surface area contributed by atoms with Crippen LogP contribution in [-0.2, 0) is 9.47 Å². The summed E-state index contributed by atoms with van der Waals surface area (Å²) in [6, 6.07) is 0. The molecule has 10 heteroatoms. The lowest BCUT2D eigenvalue weighted by Crippen LogP contribution is -2.40. The first-order chi connectivity index (χ1) is 15.1. The smallest absolute Gasteiger partial charge is 0.407 e. The van der Waals surface area contributed by atoms with Crippen LogP contribution in [0.3, 0.4) is 0 Å². The average molecular weight is 475 g/mol. The van der Waals surface area contributed by atoms with Crippen molar-refractivity contribution in [3.8, 4) is 0 Å². The van der Waals surface area contributed by atoms with Crippen molar-refractivity contribution in [2.45, 2.75) is 79.4 Å². The van der Waals surface area contributed by atoms with Crippen LogP contribution in [0, 0.1) is 11.8 Å². The summed E-state index contributed by atoms with van der Waals surface area (Å²) in [4.78, 5) is 36.3. The molecule has 33 heavy (non-hydrogen) atoms. The van der Waals surface area contributed by atoms with Crippen LogP contribution in [0.15, 0.2) is 0 Å². The fourth-order valence-electron chi connectivity index (χ4n) is 2.82. The van der Waals surface area contributed by atoms with Gasteiger partial charge in [-0.25, -0.2) is 14.4 Å². The quantitative estimate of drug-likeness (QED) is 0.300. The van der Waals surface area contributed by atoms with Crippen LogP contribution in [0.5, 0.6) is 0 Å². The molecule has 0 radical (unpaired) electrons. The number of ether oxygens (including phenoxy) is 2. The van der Waals surface area contributed by atoms with Crippen LogP contribution in [0.4, 0.5) is 14.4 Å². The first-order valence-electron chi connectivity index (χ1n) is 11.7. The van der Waals surface area contributed by atoms with E-state index in [1.54, 1.807) is 20.8 Å². The molecule has 194 valence electrons. The molecule has 10 nitrogen and oxygen atoms in total. The van der Waals surface area contributed by atoms with Gasteiger partial charge in [0.2, 0.25) is 0 Å². The highest BCUT2D eigenvalue weighted by Crippen LogP contribution is 2.08. The van der Waals surface area contributed by atoms with E-state index in [9.17, 15) is 19.5 Å². The number of rotatable bonds is 13. The minimum Gasteiger partial charge on any atom is -0.465 e. The number of amides is 3. The third-order valence-corrected chi connectivity index (χ3v) is 4.31.